The SMILES string of the molecule is CC(C)C[C@H](NS(C)(=O)=O)c1ncnn1C. The van der Waals surface area contributed by atoms with Crippen LogP contribution in [0.3, 0.4) is 0 Å². The molecule has 7 heteroatoms. The van der Waals surface area contributed by atoms with E-state index in [4.69, 9.17) is 0 Å². The quantitative estimate of drug-likeness (QED) is 0.818. The summed E-state index contributed by atoms with van der Waals surface area (Å²) in [4.78, 5) is 4.08. The van der Waals surface area contributed by atoms with E-state index in [1.165, 1.54) is 6.33 Å². The van der Waals surface area contributed by atoms with Crippen LogP contribution in [0.1, 0.15) is 32.1 Å². The molecule has 1 aromatic heterocycles. The molecule has 16 heavy (non-hydrogen) atoms. The average molecular weight is 246 g/mol. The van der Waals surface area contributed by atoms with Crippen LogP contribution >= 0.6 is 0 Å². The van der Waals surface area contributed by atoms with Gasteiger partial charge in [0.25, 0.3) is 0 Å². The summed E-state index contributed by atoms with van der Waals surface area (Å²) < 4.78 is 26.7. The Balaban J connectivity index is 2.92. The van der Waals surface area contributed by atoms with Crippen molar-refractivity contribution in [1.29, 1.82) is 0 Å². The van der Waals surface area contributed by atoms with Crippen molar-refractivity contribution in [3.05, 3.63) is 12.2 Å². The van der Waals surface area contributed by atoms with Crippen molar-refractivity contribution < 1.29 is 8.42 Å². The molecular weight excluding hydrogens is 228 g/mol. The van der Waals surface area contributed by atoms with Crippen molar-refractivity contribution in [2.75, 3.05) is 6.26 Å². The third-order valence-corrected chi connectivity index (χ3v) is 2.83. The Bertz CT molecular complexity index is 438. The molecule has 6 nitrogen and oxygen atoms in total. The molecule has 0 aliphatic carbocycles. The lowest BCUT2D eigenvalue weighted by molar-refractivity contribution is 0.444. The second-order valence-corrected chi connectivity index (χ2v) is 6.09. The van der Waals surface area contributed by atoms with Gasteiger partial charge in [0.2, 0.25) is 10.0 Å². The molecule has 1 heterocycles. The van der Waals surface area contributed by atoms with Gasteiger partial charge >= 0.3 is 0 Å². The number of hydrogen-bond donors (Lipinski definition) is 1. The second kappa shape index (κ2) is 4.92. The molecule has 0 saturated heterocycles. The summed E-state index contributed by atoms with van der Waals surface area (Å²) in [5.74, 6) is 1.01. The van der Waals surface area contributed by atoms with Crippen LogP contribution < -0.4 is 4.72 Å². The van der Waals surface area contributed by atoms with E-state index in [9.17, 15) is 8.42 Å². The number of aryl methyl sites for hydroxylation is 1. The zero-order valence-corrected chi connectivity index (χ0v) is 10.8. The van der Waals surface area contributed by atoms with Crippen LogP contribution in [0.4, 0.5) is 0 Å². The van der Waals surface area contributed by atoms with E-state index in [0.29, 0.717) is 18.2 Å². The number of hydrogen-bond acceptors (Lipinski definition) is 4. The smallest absolute Gasteiger partial charge is 0.209 e. The molecule has 0 fully saturated rings. The van der Waals surface area contributed by atoms with E-state index in [-0.39, 0.29) is 6.04 Å². The molecule has 0 aliphatic rings. The maximum atomic E-state index is 11.3. The van der Waals surface area contributed by atoms with Gasteiger partial charge in [0.1, 0.15) is 12.2 Å². The van der Waals surface area contributed by atoms with Crippen molar-refractivity contribution in [2.45, 2.75) is 26.3 Å². The van der Waals surface area contributed by atoms with Gasteiger partial charge in [0.05, 0.1) is 12.3 Å². The highest BCUT2D eigenvalue weighted by atomic mass is 32.2. The Hall–Kier alpha value is -0.950. The van der Waals surface area contributed by atoms with Gasteiger partial charge in [-0.15, -0.1) is 0 Å². The van der Waals surface area contributed by atoms with Gasteiger partial charge in [-0.05, 0) is 12.3 Å². The molecule has 0 aliphatic heterocycles. The van der Waals surface area contributed by atoms with Gasteiger partial charge < -0.3 is 0 Å². The van der Waals surface area contributed by atoms with E-state index in [1.54, 1.807) is 11.7 Å². The van der Waals surface area contributed by atoms with Gasteiger partial charge in [-0.25, -0.2) is 18.1 Å². The predicted octanol–water partition coefficient (Wildman–Crippen LogP) is 0.451. The third kappa shape index (κ3) is 3.90. The fraction of sp³-hybridized carbons (Fsp3) is 0.778. The fourth-order valence-corrected chi connectivity index (χ4v) is 2.28. The van der Waals surface area contributed by atoms with Crippen LogP contribution in [0.25, 0.3) is 0 Å². The highest BCUT2D eigenvalue weighted by Crippen LogP contribution is 2.19. The summed E-state index contributed by atoms with van der Waals surface area (Å²) in [7, 11) is -1.49. The normalized spacial score (nSPS) is 14.3. The van der Waals surface area contributed by atoms with E-state index in [0.717, 1.165) is 6.26 Å². The topological polar surface area (TPSA) is 76.9 Å². The second-order valence-electron chi connectivity index (χ2n) is 4.31. The van der Waals surface area contributed by atoms with Crippen LogP contribution in [0.15, 0.2) is 6.33 Å². The minimum Gasteiger partial charge on any atom is -0.252 e. The molecule has 0 saturated carbocycles. The summed E-state index contributed by atoms with van der Waals surface area (Å²) in [6.45, 7) is 4.07. The van der Waals surface area contributed by atoms with Crippen LogP contribution in [0.5, 0.6) is 0 Å². The van der Waals surface area contributed by atoms with Crippen molar-refractivity contribution in [1.82, 2.24) is 19.5 Å². The summed E-state index contributed by atoms with van der Waals surface area (Å²) in [6.07, 6.45) is 3.27. The summed E-state index contributed by atoms with van der Waals surface area (Å²) in [5.41, 5.74) is 0. The van der Waals surface area contributed by atoms with Gasteiger partial charge in [-0.3, -0.25) is 4.68 Å². The molecule has 92 valence electrons. The van der Waals surface area contributed by atoms with Crippen LogP contribution in [0.2, 0.25) is 0 Å². The van der Waals surface area contributed by atoms with Crippen molar-refractivity contribution in [3.8, 4) is 0 Å². The molecule has 0 aromatic carbocycles. The van der Waals surface area contributed by atoms with E-state index >= 15 is 0 Å². The summed E-state index contributed by atoms with van der Waals surface area (Å²) in [5, 5.41) is 3.95. The lowest BCUT2D eigenvalue weighted by atomic mass is 10.0. The summed E-state index contributed by atoms with van der Waals surface area (Å²) >= 11 is 0. The van der Waals surface area contributed by atoms with E-state index < -0.39 is 10.0 Å². The summed E-state index contributed by atoms with van der Waals surface area (Å²) in [6, 6.07) is -0.317. The molecule has 0 spiro atoms. The molecule has 0 amide bonds. The van der Waals surface area contributed by atoms with Crippen molar-refractivity contribution in [3.63, 3.8) is 0 Å². The number of aromatic nitrogens is 3. The zero-order valence-electron chi connectivity index (χ0n) is 10.0. The van der Waals surface area contributed by atoms with E-state index in [2.05, 4.69) is 14.8 Å². The predicted molar refractivity (Wildman–Crippen MR) is 61.2 cm³/mol. The fourth-order valence-electron chi connectivity index (χ4n) is 1.56. The molecule has 0 bridgehead atoms. The molecule has 1 rings (SSSR count). The maximum absolute atomic E-state index is 11.3. The van der Waals surface area contributed by atoms with E-state index in [1.807, 2.05) is 13.8 Å². The number of sulfonamides is 1. The third-order valence-electron chi connectivity index (χ3n) is 2.12. The van der Waals surface area contributed by atoms with Crippen LogP contribution in [-0.2, 0) is 17.1 Å². The molecule has 1 N–H and O–H groups in total. The first-order chi connectivity index (χ1) is 7.29. The average Bonchev–Trinajstić information content (AvgIpc) is 2.46. The standard InChI is InChI=1S/C9H18N4O2S/c1-7(2)5-8(12-16(4,14)15)9-10-6-11-13(9)3/h6-8,12H,5H2,1-4H3/t8-/m0/s1. The minimum absolute atomic E-state index is 0.317. The van der Waals surface area contributed by atoms with Gasteiger partial charge in [-0.1, -0.05) is 13.8 Å². The molecule has 1 atom stereocenters. The van der Waals surface area contributed by atoms with Crippen molar-refractivity contribution in [2.24, 2.45) is 13.0 Å². The largest absolute Gasteiger partial charge is 0.252 e. The van der Waals surface area contributed by atoms with Gasteiger partial charge in [0.15, 0.2) is 0 Å². The van der Waals surface area contributed by atoms with Gasteiger partial charge in [0, 0.05) is 7.05 Å². The first-order valence-corrected chi connectivity index (χ1v) is 7.00. The molecular formula is C9H18N4O2S. The van der Waals surface area contributed by atoms with Crippen LogP contribution in [0, 0.1) is 5.92 Å². The van der Waals surface area contributed by atoms with Crippen LogP contribution in [-0.4, -0.2) is 29.4 Å². The highest BCUT2D eigenvalue weighted by molar-refractivity contribution is 7.88. The Morgan fingerprint density at radius 1 is 1.50 bits per heavy atom. The lowest BCUT2D eigenvalue weighted by Gasteiger charge is -2.18. The first-order valence-electron chi connectivity index (χ1n) is 5.11. The molecule has 1 aromatic rings. The molecule has 0 radical (unpaired) electrons. The Kier molecular flexibility index (Phi) is 4.03. The zero-order chi connectivity index (χ0) is 12.3. The number of nitrogens with one attached hydrogen (secondary N) is 1. The number of rotatable bonds is 5. The molecule has 0 unspecified atom stereocenters. The lowest BCUT2D eigenvalue weighted by Crippen LogP contribution is -2.30. The number of nitrogens with zero attached hydrogens (tertiary/aromatic N) is 3. The Morgan fingerprint density at radius 2 is 2.12 bits per heavy atom. The van der Waals surface area contributed by atoms with Gasteiger partial charge in [-0.2, -0.15) is 5.10 Å². The first kappa shape index (κ1) is 13.1. The Labute approximate surface area is 96.1 Å². The monoisotopic (exact) mass is 246 g/mol. The minimum atomic E-state index is -3.24. The highest BCUT2D eigenvalue weighted by Gasteiger charge is 2.21. The Morgan fingerprint density at radius 3 is 2.50 bits per heavy atom. The maximum Gasteiger partial charge on any atom is 0.209 e. The van der Waals surface area contributed by atoms with Crippen molar-refractivity contribution >= 4 is 10.0 Å².